The third kappa shape index (κ3) is 7.10. The van der Waals surface area contributed by atoms with Crippen LogP contribution in [0.4, 0.5) is 0 Å². The van der Waals surface area contributed by atoms with Crippen LogP contribution >= 0.6 is 0 Å². The second-order valence-corrected chi connectivity index (χ2v) is 12.5. The first-order valence-corrected chi connectivity index (χ1v) is 16.2. The molecular weight excluding hydrogens is 566 g/mol. The molecule has 4 heterocycles. The average Bonchev–Trinajstić information content (AvgIpc) is 3.11. The molecule has 236 valence electrons. The highest BCUT2D eigenvalue weighted by molar-refractivity contribution is 5.96. The van der Waals surface area contributed by atoms with Crippen LogP contribution in [0.5, 0.6) is 0 Å². The van der Waals surface area contributed by atoms with Crippen molar-refractivity contribution >= 4 is 17.7 Å². The number of carbonyl (C=O) groups excluding carboxylic acids is 3. The van der Waals surface area contributed by atoms with Crippen molar-refractivity contribution in [1.29, 1.82) is 0 Å². The number of piperidine rings is 2. The Kier molecular flexibility index (Phi) is 9.56. The van der Waals surface area contributed by atoms with Crippen molar-refractivity contribution in [3.05, 3.63) is 77.9 Å². The largest absolute Gasteiger partial charge is 0.392 e. The minimum absolute atomic E-state index is 0.00466. The Morgan fingerprint density at radius 3 is 1.98 bits per heavy atom. The predicted octanol–water partition coefficient (Wildman–Crippen LogP) is 3.92. The van der Waals surface area contributed by atoms with Gasteiger partial charge in [0.15, 0.2) is 0 Å². The molecule has 3 saturated heterocycles. The number of rotatable bonds is 6. The normalized spacial score (nSPS) is 18.7. The number of hydrogen-bond acceptors (Lipinski definition) is 6. The summed E-state index contributed by atoms with van der Waals surface area (Å²) < 4.78 is 0. The van der Waals surface area contributed by atoms with E-state index in [1.807, 2.05) is 81.4 Å². The van der Waals surface area contributed by atoms with E-state index < -0.39 is 0 Å². The van der Waals surface area contributed by atoms with Gasteiger partial charge in [-0.3, -0.25) is 19.3 Å². The Labute approximate surface area is 265 Å². The first kappa shape index (κ1) is 30.9. The molecule has 3 aliphatic heterocycles. The van der Waals surface area contributed by atoms with Crippen molar-refractivity contribution in [3.63, 3.8) is 0 Å². The number of aliphatic hydroxyl groups is 1. The molecule has 0 aliphatic carbocycles. The van der Waals surface area contributed by atoms with Crippen LogP contribution in [0.2, 0.25) is 0 Å². The summed E-state index contributed by atoms with van der Waals surface area (Å²) in [5.41, 5.74) is 4.68. The van der Waals surface area contributed by atoms with Gasteiger partial charge in [0.1, 0.15) is 0 Å². The summed E-state index contributed by atoms with van der Waals surface area (Å²) in [6.45, 7) is 7.39. The molecule has 3 aromatic rings. The number of piperazine rings is 1. The Balaban J connectivity index is 1.07. The highest BCUT2D eigenvalue weighted by Crippen LogP contribution is 2.28. The summed E-state index contributed by atoms with van der Waals surface area (Å²) in [6.07, 6.45) is 3.42. The van der Waals surface area contributed by atoms with Crippen LogP contribution in [0.15, 0.2) is 66.7 Å². The molecule has 6 rings (SSSR count). The van der Waals surface area contributed by atoms with E-state index in [-0.39, 0.29) is 30.2 Å². The highest BCUT2D eigenvalue weighted by Gasteiger charge is 2.34. The minimum atomic E-state index is -0.0563. The van der Waals surface area contributed by atoms with Crippen LogP contribution in [0, 0.1) is 5.92 Å². The first-order valence-electron chi connectivity index (χ1n) is 16.2. The topological polar surface area (TPSA) is 97.3 Å². The Morgan fingerprint density at radius 2 is 1.33 bits per heavy atom. The molecule has 0 unspecified atom stereocenters. The number of hydrogen-bond donors (Lipinski definition) is 1. The Hall–Kier alpha value is -4.08. The molecule has 3 aliphatic rings. The summed E-state index contributed by atoms with van der Waals surface area (Å²) in [4.78, 5) is 51.9. The Morgan fingerprint density at radius 1 is 0.711 bits per heavy atom. The maximum Gasteiger partial charge on any atom is 0.254 e. The van der Waals surface area contributed by atoms with Crippen LogP contribution in [-0.4, -0.2) is 106 Å². The summed E-state index contributed by atoms with van der Waals surface area (Å²) in [7, 11) is 0. The van der Waals surface area contributed by atoms with Crippen LogP contribution in [0.1, 0.15) is 48.5 Å². The number of nitrogens with zero attached hydrogens (tertiary/aromatic N) is 5. The SMILES string of the molecule is CC(=O)N1CCC(C(=O)N2CCC(N3CCN(C(=O)c4cc(-c5ccccc5)nc(-c5cccc(CO)c5)c4)CC3)CC2)CC1. The van der Waals surface area contributed by atoms with E-state index in [1.54, 1.807) is 6.92 Å². The van der Waals surface area contributed by atoms with Gasteiger partial charge in [-0.1, -0.05) is 48.5 Å². The lowest BCUT2D eigenvalue weighted by Gasteiger charge is -2.43. The fraction of sp³-hybridized carbons (Fsp3) is 0.444. The second-order valence-electron chi connectivity index (χ2n) is 12.5. The fourth-order valence-electron chi connectivity index (χ4n) is 7.01. The quantitative estimate of drug-likeness (QED) is 0.455. The van der Waals surface area contributed by atoms with Crippen molar-refractivity contribution in [2.75, 3.05) is 52.4 Å². The number of aliphatic hydroxyl groups excluding tert-OH is 1. The maximum atomic E-state index is 13.9. The molecule has 0 saturated carbocycles. The second kappa shape index (κ2) is 13.9. The van der Waals surface area contributed by atoms with Crippen LogP contribution < -0.4 is 0 Å². The van der Waals surface area contributed by atoms with Crippen LogP contribution in [0.3, 0.4) is 0 Å². The molecule has 2 aromatic carbocycles. The van der Waals surface area contributed by atoms with E-state index in [4.69, 9.17) is 4.98 Å². The number of pyridine rings is 1. The summed E-state index contributed by atoms with van der Waals surface area (Å²) in [5, 5.41) is 9.67. The number of aromatic nitrogens is 1. The number of amides is 3. The molecule has 0 bridgehead atoms. The van der Waals surface area contributed by atoms with E-state index in [0.717, 1.165) is 74.2 Å². The molecule has 9 nitrogen and oxygen atoms in total. The molecule has 0 spiro atoms. The zero-order valence-corrected chi connectivity index (χ0v) is 26.1. The van der Waals surface area contributed by atoms with E-state index in [1.165, 1.54) is 0 Å². The van der Waals surface area contributed by atoms with Crippen LogP contribution in [-0.2, 0) is 16.2 Å². The third-order valence-electron chi connectivity index (χ3n) is 9.73. The van der Waals surface area contributed by atoms with Gasteiger partial charge in [0.25, 0.3) is 5.91 Å². The lowest BCUT2D eigenvalue weighted by atomic mass is 9.93. The van der Waals surface area contributed by atoms with E-state index >= 15 is 0 Å². The van der Waals surface area contributed by atoms with Crippen LogP contribution in [0.25, 0.3) is 22.5 Å². The van der Waals surface area contributed by atoms with Crippen molar-refractivity contribution < 1.29 is 19.5 Å². The predicted molar refractivity (Wildman–Crippen MR) is 173 cm³/mol. The summed E-state index contributed by atoms with van der Waals surface area (Å²) >= 11 is 0. The van der Waals surface area contributed by atoms with Crippen molar-refractivity contribution in [3.8, 4) is 22.5 Å². The van der Waals surface area contributed by atoms with E-state index in [9.17, 15) is 19.5 Å². The lowest BCUT2D eigenvalue weighted by Crippen LogP contribution is -2.55. The summed E-state index contributed by atoms with van der Waals surface area (Å²) in [6, 6.07) is 21.7. The van der Waals surface area contributed by atoms with Gasteiger partial charge in [0, 0.05) is 87.9 Å². The zero-order chi connectivity index (χ0) is 31.3. The Bertz CT molecular complexity index is 1500. The molecule has 3 amide bonds. The monoisotopic (exact) mass is 609 g/mol. The fourth-order valence-corrected chi connectivity index (χ4v) is 7.01. The van der Waals surface area contributed by atoms with Gasteiger partial charge in [-0.15, -0.1) is 0 Å². The molecule has 1 aromatic heterocycles. The number of likely N-dealkylation sites (tertiary alicyclic amines) is 2. The first-order chi connectivity index (χ1) is 21.9. The van der Waals surface area contributed by atoms with Crippen molar-refractivity contribution in [2.45, 2.75) is 45.3 Å². The maximum absolute atomic E-state index is 13.9. The number of benzene rings is 2. The van der Waals surface area contributed by atoms with Gasteiger partial charge in [-0.25, -0.2) is 4.98 Å². The zero-order valence-electron chi connectivity index (χ0n) is 26.1. The summed E-state index contributed by atoms with van der Waals surface area (Å²) in [5.74, 6) is 0.378. The minimum Gasteiger partial charge on any atom is -0.392 e. The van der Waals surface area contributed by atoms with Gasteiger partial charge < -0.3 is 19.8 Å². The lowest BCUT2D eigenvalue weighted by molar-refractivity contribution is -0.141. The molecule has 0 radical (unpaired) electrons. The number of carbonyl (C=O) groups is 3. The van der Waals surface area contributed by atoms with Gasteiger partial charge in [-0.2, -0.15) is 0 Å². The highest BCUT2D eigenvalue weighted by atomic mass is 16.3. The van der Waals surface area contributed by atoms with Gasteiger partial charge in [-0.05, 0) is 49.4 Å². The average molecular weight is 610 g/mol. The molecule has 0 atom stereocenters. The van der Waals surface area contributed by atoms with Crippen molar-refractivity contribution in [2.24, 2.45) is 5.92 Å². The van der Waals surface area contributed by atoms with Gasteiger partial charge in [0.05, 0.1) is 18.0 Å². The van der Waals surface area contributed by atoms with E-state index in [2.05, 4.69) is 4.90 Å². The van der Waals surface area contributed by atoms with Gasteiger partial charge in [0.2, 0.25) is 11.8 Å². The smallest absolute Gasteiger partial charge is 0.254 e. The van der Waals surface area contributed by atoms with Gasteiger partial charge >= 0.3 is 0 Å². The molecule has 9 heteroatoms. The van der Waals surface area contributed by atoms with Crippen molar-refractivity contribution in [1.82, 2.24) is 24.6 Å². The molecule has 45 heavy (non-hydrogen) atoms. The standard InChI is InChI=1S/C36H43N5O4/c1-26(43)38-14-10-29(11-15-38)35(44)40-16-12-32(13-17-40)39-18-20-41(21-19-39)36(45)31-23-33(28-7-3-2-4-8-28)37-34(24-31)30-9-5-6-27(22-30)25-42/h2-9,22-24,29,32,42H,10-21,25H2,1H3. The molecular formula is C36H43N5O4. The van der Waals surface area contributed by atoms with E-state index in [0.29, 0.717) is 43.5 Å². The third-order valence-corrected chi connectivity index (χ3v) is 9.73. The molecule has 3 fully saturated rings. The molecule has 1 N–H and O–H groups in total.